The lowest BCUT2D eigenvalue weighted by molar-refractivity contribution is -0.120. The van der Waals surface area contributed by atoms with E-state index in [-0.39, 0.29) is 0 Å². The molecule has 9 heavy (non-hydrogen) atoms. The smallest absolute Gasteiger partial charge is 0.136 e. The van der Waals surface area contributed by atoms with Crippen molar-refractivity contribution in [2.24, 2.45) is 11.8 Å². The first kappa shape index (κ1) is 5.45. The maximum atomic E-state index is 11.1. The minimum atomic E-state index is 0.505. The molecule has 2 aliphatic rings. The number of carbonyl (C=O) groups is 1. The van der Waals surface area contributed by atoms with Crippen LogP contribution < -0.4 is 0 Å². The predicted octanol–water partition coefficient (Wildman–Crippen LogP) is 1.77. The summed E-state index contributed by atoms with van der Waals surface area (Å²) in [5, 5.41) is 0. The van der Waals surface area contributed by atoms with Crippen LogP contribution in [0.4, 0.5) is 0 Å². The lowest BCUT2D eigenvalue weighted by Gasteiger charge is -2.03. The van der Waals surface area contributed by atoms with Gasteiger partial charge in [-0.15, -0.1) is 0 Å². The summed E-state index contributed by atoms with van der Waals surface area (Å²) in [5.41, 5.74) is 0. The largest absolute Gasteiger partial charge is 0.299 e. The van der Waals surface area contributed by atoms with Crippen molar-refractivity contribution in [1.29, 1.82) is 0 Å². The Morgan fingerprint density at radius 3 is 2.89 bits per heavy atom. The monoisotopic (exact) mass is 124 g/mol. The molecule has 0 aliphatic heterocycles. The standard InChI is InChI=1S/C8H12O/c9-8-5-4-6-2-1-3-7(6)8/h6-7H,1-5H2/t6-,7+/m0/s1. The Hall–Kier alpha value is -0.330. The molecule has 2 atom stereocenters. The zero-order valence-electron chi connectivity index (χ0n) is 5.60. The van der Waals surface area contributed by atoms with Gasteiger partial charge in [0.25, 0.3) is 0 Å². The molecule has 2 rings (SSSR count). The van der Waals surface area contributed by atoms with Crippen LogP contribution in [0.5, 0.6) is 0 Å². The van der Waals surface area contributed by atoms with Crippen molar-refractivity contribution < 1.29 is 4.79 Å². The van der Waals surface area contributed by atoms with E-state index >= 15 is 0 Å². The molecular weight excluding hydrogens is 112 g/mol. The number of hydrogen-bond acceptors (Lipinski definition) is 1. The Kier molecular flexibility index (Phi) is 1.11. The van der Waals surface area contributed by atoms with E-state index in [1.165, 1.54) is 25.7 Å². The number of fused-ring (bicyclic) bond motifs is 1. The van der Waals surface area contributed by atoms with Crippen LogP contribution in [0.15, 0.2) is 0 Å². The van der Waals surface area contributed by atoms with E-state index < -0.39 is 0 Å². The van der Waals surface area contributed by atoms with Gasteiger partial charge in [0.2, 0.25) is 0 Å². The second-order valence-corrected chi connectivity index (χ2v) is 3.30. The van der Waals surface area contributed by atoms with Crippen LogP contribution in [-0.2, 0) is 4.79 Å². The fourth-order valence-electron chi connectivity index (χ4n) is 2.32. The molecule has 1 heteroatoms. The van der Waals surface area contributed by atoms with Gasteiger partial charge in [-0.25, -0.2) is 0 Å². The molecule has 0 aromatic heterocycles. The SMILES string of the molecule is O=C1CC[C@@H]2CCC[C@@H]12. The van der Waals surface area contributed by atoms with E-state index in [1.807, 2.05) is 0 Å². The minimum absolute atomic E-state index is 0.505. The third kappa shape index (κ3) is 0.707. The fraction of sp³-hybridized carbons (Fsp3) is 0.875. The van der Waals surface area contributed by atoms with Crippen LogP contribution in [0.3, 0.4) is 0 Å². The summed E-state index contributed by atoms with van der Waals surface area (Å²) in [4.78, 5) is 11.1. The molecule has 0 saturated heterocycles. The van der Waals surface area contributed by atoms with Crippen molar-refractivity contribution in [2.45, 2.75) is 32.1 Å². The summed E-state index contributed by atoms with van der Waals surface area (Å²) < 4.78 is 0. The van der Waals surface area contributed by atoms with Gasteiger partial charge in [-0.1, -0.05) is 6.42 Å². The van der Waals surface area contributed by atoms with Crippen LogP contribution in [0.2, 0.25) is 0 Å². The van der Waals surface area contributed by atoms with E-state index in [0.29, 0.717) is 11.7 Å². The normalized spacial score (nSPS) is 41.6. The molecule has 0 bridgehead atoms. The quantitative estimate of drug-likeness (QED) is 0.481. The fourth-order valence-corrected chi connectivity index (χ4v) is 2.32. The molecule has 0 aromatic rings. The molecule has 0 N–H and O–H groups in total. The average Bonchev–Trinajstić information content (AvgIpc) is 2.35. The first-order chi connectivity index (χ1) is 4.38. The first-order valence-electron chi connectivity index (χ1n) is 3.90. The number of Topliss-reactive ketones (excluding diaryl/α,β-unsaturated/α-hetero) is 1. The molecule has 0 radical (unpaired) electrons. The topological polar surface area (TPSA) is 17.1 Å². The van der Waals surface area contributed by atoms with Gasteiger partial charge in [-0.2, -0.15) is 0 Å². The summed E-state index contributed by atoms with van der Waals surface area (Å²) in [5.74, 6) is 1.86. The zero-order chi connectivity index (χ0) is 6.27. The molecule has 2 aliphatic carbocycles. The predicted molar refractivity (Wildman–Crippen MR) is 35.1 cm³/mol. The third-order valence-electron chi connectivity index (χ3n) is 2.83. The van der Waals surface area contributed by atoms with E-state index in [9.17, 15) is 4.79 Å². The van der Waals surface area contributed by atoms with Gasteiger partial charge >= 0.3 is 0 Å². The van der Waals surface area contributed by atoms with Crippen LogP contribution >= 0.6 is 0 Å². The van der Waals surface area contributed by atoms with E-state index in [1.54, 1.807) is 0 Å². The van der Waals surface area contributed by atoms with Crippen LogP contribution in [0, 0.1) is 11.8 Å². The number of hydrogen-bond donors (Lipinski definition) is 0. The van der Waals surface area contributed by atoms with Crippen molar-refractivity contribution >= 4 is 5.78 Å². The molecule has 0 unspecified atom stereocenters. The summed E-state index contributed by atoms with van der Waals surface area (Å²) in [6.45, 7) is 0. The number of carbonyl (C=O) groups excluding carboxylic acids is 1. The highest BCUT2D eigenvalue weighted by atomic mass is 16.1. The molecular formula is C8H12O. The maximum Gasteiger partial charge on any atom is 0.136 e. The van der Waals surface area contributed by atoms with Crippen LogP contribution in [0.1, 0.15) is 32.1 Å². The molecule has 0 spiro atoms. The van der Waals surface area contributed by atoms with Gasteiger partial charge in [-0.3, -0.25) is 4.79 Å². The summed E-state index contributed by atoms with van der Waals surface area (Å²) in [7, 11) is 0. The second kappa shape index (κ2) is 1.83. The van der Waals surface area contributed by atoms with Gasteiger partial charge in [-0.05, 0) is 25.2 Å². The van der Waals surface area contributed by atoms with E-state index in [4.69, 9.17) is 0 Å². The summed E-state index contributed by atoms with van der Waals surface area (Å²) in [6, 6.07) is 0. The Morgan fingerprint density at radius 2 is 2.11 bits per heavy atom. The molecule has 50 valence electrons. The minimum Gasteiger partial charge on any atom is -0.299 e. The van der Waals surface area contributed by atoms with Gasteiger partial charge in [0, 0.05) is 12.3 Å². The van der Waals surface area contributed by atoms with E-state index in [2.05, 4.69) is 0 Å². The second-order valence-electron chi connectivity index (χ2n) is 3.30. The molecule has 2 fully saturated rings. The van der Waals surface area contributed by atoms with Crippen LogP contribution in [-0.4, -0.2) is 5.78 Å². The number of ketones is 1. The Bertz CT molecular complexity index is 140. The molecule has 1 nitrogen and oxygen atoms in total. The zero-order valence-corrected chi connectivity index (χ0v) is 5.60. The Morgan fingerprint density at radius 1 is 1.22 bits per heavy atom. The van der Waals surface area contributed by atoms with Crippen molar-refractivity contribution in [3.8, 4) is 0 Å². The van der Waals surface area contributed by atoms with Crippen molar-refractivity contribution in [1.82, 2.24) is 0 Å². The number of rotatable bonds is 0. The highest BCUT2D eigenvalue weighted by molar-refractivity contribution is 5.83. The highest BCUT2D eigenvalue weighted by Gasteiger charge is 2.37. The van der Waals surface area contributed by atoms with Gasteiger partial charge in [0.05, 0.1) is 0 Å². The highest BCUT2D eigenvalue weighted by Crippen LogP contribution is 2.41. The van der Waals surface area contributed by atoms with Crippen LogP contribution in [0.25, 0.3) is 0 Å². The summed E-state index contributed by atoms with van der Waals surface area (Å²) >= 11 is 0. The molecule has 0 aromatic carbocycles. The maximum absolute atomic E-state index is 11.1. The summed E-state index contributed by atoms with van der Waals surface area (Å²) in [6.07, 6.45) is 5.92. The first-order valence-corrected chi connectivity index (χ1v) is 3.90. The Labute approximate surface area is 55.4 Å². The van der Waals surface area contributed by atoms with Gasteiger partial charge < -0.3 is 0 Å². The third-order valence-corrected chi connectivity index (χ3v) is 2.83. The molecule has 0 heterocycles. The average molecular weight is 124 g/mol. The lowest BCUT2D eigenvalue weighted by Crippen LogP contribution is -2.06. The molecule has 2 saturated carbocycles. The van der Waals surface area contributed by atoms with Crippen molar-refractivity contribution in [3.63, 3.8) is 0 Å². The van der Waals surface area contributed by atoms with E-state index in [0.717, 1.165) is 12.3 Å². The lowest BCUT2D eigenvalue weighted by atomic mass is 10.0. The molecule has 0 amide bonds. The van der Waals surface area contributed by atoms with Crippen molar-refractivity contribution in [2.75, 3.05) is 0 Å². The van der Waals surface area contributed by atoms with Gasteiger partial charge in [0.15, 0.2) is 0 Å². The van der Waals surface area contributed by atoms with Crippen molar-refractivity contribution in [3.05, 3.63) is 0 Å². The Balaban J connectivity index is 2.15. The van der Waals surface area contributed by atoms with Gasteiger partial charge in [0.1, 0.15) is 5.78 Å².